The van der Waals surface area contributed by atoms with Crippen LogP contribution < -0.4 is 4.72 Å². The standard InChI is InChI=1S/C12H13BrClN3O2S/c1-2-3-8-6-12(16-15-8)17-20(18,19)9-4-5-11(14)10(13)7-9/h4-7H,2-3H2,1H3,(H2,15,16,17). The molecule has 0 bridgehead atoms. The highest BCUT2D eigenvalue weighted by atomic mass is 79.9. The molecule has 8 heteroatoms. The van der Waals surface area contributed by atoms with Gasteiger partial charge in [-0.3, -0.25) is 9.82 Å². The number of hydrogen-bond donors (Lipinski definition) is 2. The Morgan fingerprint density at radius 3 is 2.80 bits per heavy atom. The maximum absolute atomic E-state index is 12.2. The molecule has 1 aromatic heterocycles. The monoisotopic (exact) mass is 377 g/mol. The number of aryl methyl sites for hydroxylation is 1. The van der Waals surface area contributed by atoms with Crippen molar-refractivity contribution in [2.24, 2.45) is 0 Å². The summed E-state index contributed by atoms with van der Waals surface area (Å²) in [5.74, 6) is 0.277. The van der Waals surface area contributed by atoms with Gasteiger partial charge in [0, 0.05) is 16.2 Å². The van der Waals surface area contributed by atoms with Crippen molar-refractivity contribution < 1.29 is 8.42 Å². The highest BCUT2D eigenvalue weighted by Gasteiger charge is 2.17. The Morgan fingerprint density at radius 2 is 2.15 bits per heavy atom. The molecule has 0 saturated carbocycles. The van der Waals surface area contributed by atoms with Crippen LogP contribution in [0.4, 0.5) is 5.82 Å². The van der Waals surface area contributed by atoms with Gasteiger partial charge in [-0.2, -0.15) is 5.10 Å². The van der Waals surface area contributed by atoms with Gasteiger partial charge in [-0.1, -0.05) is 24.9 Å². The Morgan fingerprint density at radius 1 is 1.40 bits per heavy atom. The van der Waals surface area contributed by atoms with Crippen LogP contribution in [0.1, 0.15) is 19.0 Å². The van der Waals surface area contributed by atoms with Crippen molar-refractivity contribution in [3.8, 4) is 0 Å². The highest BCUT2D eigenvalue weighted by Crippen LogP contribution is 2.26. The smallest absolute Gasteiger partial charge is 0.263 e. The van der Waals surface area contributed by atoms with Crippen LogP contribution in [0.25, 0.3) is 0 Å². The molecule has 0 spiro atoms. The van der Waals surface area contributed by atoms with Crippen molar-refractivity contribution in [2.75, 3.05) is 4.72 Å². The van der Waals surface area contributed by atoms with Crippen LogP contribution >= 0.6 is 27.5 Å². The summed E-state index contributed by atoms with van der Waals surface area (Å²) in [7, 11) is -3.68. The molecule has 2 N–H and O–H groups in total. The molecule has 0 atom stereocenters. The van der Waals surface area contributed by atoms with Gasteiger partial charge in [0.05, 0.1) is 9.92 Å². The van der Waals surface area contributed by atoms with Crippen molar-refractivity contribution in [3.63, 3.8) is 0 Å². The number of nitrogens with zero attached hydrogens (tertiary/aromatic N) is 1. The molecule has 0 aliphatic carbocycles. The minimum atomic E-state index is -3.68. The average molecular weight is 379 g/mol. The number of rotatable bonds is 5. The van der Waals surface area contributed by atoms with Crippen LogP contribution in [-0.2, 0) is 16.4 Å². The zero-order chi connectivity index (χ0) is 14.8. The summed E-state index contributed by atoms with van der Waals surface area (Å²) in [6.07, 6.45) is 1.78. The molecule has 0 saturated heterocycles. The van der Waals surface area contributed by atoms with E-state index in [1.165, 1.54) is 18.2 Å². The van der Waals surface area contributed by atoms with Crippen LogP contribution in [0.3, 0.4) is 0 Å². The first-order valence-electron chi connectivity index (χ1n) is 5.94. The number of halogens is 2. The lowest BCUT2D eigenvalue weighted by molar-refractivity contribution is 0.601. The molecule has 0 amide bonds. The van der Waals surface area contributed by atoms with E-state index in [2.05, 4.69) is 30.8 Å². The number of aromatic amines is 1. The van der Waals surface area contributed by atoms with Gasteiger partial charge in [0.1, 0.15) is 0 Å². The third-order valence-electron chi connectivity index (χ3n) is 2.59. The molecule has 0 radical (unpaired) electrons. The fourth-order valence-corrected chi connectivity index (χ4v) is 3.32. The molecule has 1 heterocycles. The Hall–Kier alpha value is -1.05. The summed E-state index contributed by atoms with van der Waals surface area (Å²) in [5, 5.41) is 7.18. The summed E-state index contributed by atoms with van der Waals surface area (Å²) in [6.45, 7) is 2.04. The first kappa shape index (κ1) is 15.3. The SMILES string of the molecule is CCCc1cc(NS(=O)(=O)c2ccc(Cl)c(Br)c2)n[nH]1. The average Bonchev–Trinajstić information content (AvgIpc) is 2.79. The second-order valence-corrected chi connectivity index (χ2v) is 7.15. The predicted octanol–water partition coefficient (Wildman–Crippen LogP) is 3.58. The first-order chi connectivity index (χ1) is 9.42. The molecule has 0 unspecified atom stereocenters. The molecule has 2 rings (SSSR count). The maximum Gasteiger partial charge on any atom is 0.263 e. The zero-order valence-corrected chi connectivity index (χ0v) is 13.8. The van der Waals surface area contributed by atoms with Gasteiger partial charge in [-0.05, 0) is 40.5 Å². The summed E-state index contributed by atoms with van der Waals surface area (Å²) in [4.78, 5) is 0.119. The number of benzene rings is 1. The first-order valence-corrected chi connectivity index (χ1v) is 8.60. The number of hydrogen-bond acceptors (Lipinski definition) is 3. The van der Waals surface area contributed by atoms with E-state index >= 15 is 0 Å². The molecule has 0 aliphatic rings. The topological polar surface area (TPSA) is 74.8 Å². The fourth-order valence-electron chi connectivity index (χ4n) is 1.65. The molecule has 0 aliphatic heterocycles. The highest BCUT2D eigenvalue weighted by molar-refractivity contribution is 9.10. The van der Waals surface area contributed by atoms with Gasteiger partial charge < -0.3 is 0 Å². The van der Waals surface area contributed by atoms with Gasteiger partial charge in [0.2, 0.25) is 0 Å². The van der Waals surface area contributed by atoms with Crippen LogP contribution in [-0.4, -0.2) is 18.6 Å². The largest absolute Gasteiger partial charge is 0.280 e. The van der Waals surface area contributed by atoms with Crippen molar-refractivity contribution in [3.05, 3.63) is 39.5 Å². The Labute approximate surface area is 130 Å². The Bertz CT molecular complexity index is 715. The third kappa shape index (κ3) is 3.53. The van der Waals surface area contributed by atoms with Gasteiger partial charge >= 0.3 is 0 Å². The van der Waals surface area contributed by atoms with E-state index in [1.54, 1.807) is 6.07 Å². The van der Waals surface area contributed by atoms with Crippen molar-refractivity contribution in [1.82, 2.24) is 10.2 Å². The van der Waals surface area contributed by atoms with E-state index < -0.39 is 10.0 Å². The molecule has 0 fully saturated rings. The maximum atomic E-state index is 12.2. The molecule has 1 aromatic carbocycles. The van der Waals surface area contributed by atoms with E-state index in [0.29, 0.717) is 9.50 Å². The molecule has 20 heavy (non-hydrogen) atoms. The van der Waals surface area contributed by atoms with Gasteiger partial charge in [-0.15, -0.1) is 0 Å². The minimum Gasteiger partial charge on any atom is -0.280 e. The summed E-state index contributed by atoms with van der Waals surface area (Å²) < 4.78 is 27.4. The van der Waals surface area contributed by atoms with Crippen LogP contribution in [0.2, 0.25) is 5.02 Å². The zero-order valence-electron chi connectivity index (χ0n) is 10.7. The molecule has 2 aromatic rings. The quantitative estimate of drug-likeness (QED) is 0.835. The van der Waals surface area contributed by atoms with Crippen LogP contribution in [0.15, 0.2) is 33.6 Å². The van der Waals surface area contributed by atoms with Crippen LogP contribution in [0.5, 0.6) is 0 Å². The predicted molar refractivity (Wildman–Crippen MR) is 82.5 cm³/mol. The number of aromatic nitrogens is 2. The third-order valence-corrected chi connectivity index (χ3v) is 5.16. The van der Waals surface area contributed by atoms with Gasteiger partial charge in [0.25, 0.3) is 10.0 Å². The second-order valence-electron chi connectivity index (χ2n) is 4.21. The van der Waals surface area contributed by atoms with Crippen molar-refractivity contribution >= 4 is 43.4 Å². The van der Waals surface area contributed by atoms with E-state index in [9.17, 15) is 8.42 Å². The van der Waals surface area contributed by atoms with Crippen molar-refractivity contribution in [1.29, 1.82) is 0 Å². The lowest BCUT2D eigenvalue weighted by atomic mass is 10.2. The van der Waals surface area contributed by atoms with Crippen molar-refractivity contribution in [2.45, 2.75) is 24.7 Å². The lowest BCUT2D eigenvalue weighted by Gasteiger charge is -2.06. The van der Waals surface area contributed by atoms with E-state index in [1.807, 2.05) is 6.92 Å². The second kappa shape index (κ2) is 6.15. The van der Waals surface area contributed by atoms with Crippen LogP contribution in [0, 0.1) is 0 Å². The summed E-state index contributed by atoms with van der Waals surface area (Å²) in [5.41, 5.74) is 0.891. The number of H-pyrrole nitrogens is 1. The van der Waals surface area contributed by atoms with E-state index in [-0.39, 0.29) is 10.7 Å². The van der Waals surface area contributed by atoms with Gasteiger partial charge in [-0.25, -0.2) is 8.42 Å². The molecular weight excluding hydrogens is 366 g/mol. The molecule has 108 valence electrons. The minimum absolute atomic E-state index is 0.119. The Kier molecular flexibility index (Phi) is 4.72. The number of anilines is 1. The summed E-state index contributed by atoms with van der Waals surface area (Å²) in [6, 6.07) is 6.10. The van der Waals surface area contributed by atoms with Gasteiger partial charge in [0.15, 0.2) is 5.82 Å². The summed E-state index contributed by atoms with van der Waals surface area (Å²) >= 11 is 9.05. The fraction of sp³-hybridized carbons (Fsp3) is 0.250. The van der Waals surface area contributed by atoms with E-state index in [0.717, 1.165) is 18.5 Å². The van der Waals surface area contributed by atoms with E-state index in [4.69, 9.17) is 11.6 Å². The number of sulfonamides is 1. The Balaban J connectivity index is 2.23. The molecular formula is C12H13BrClN3O2S. The normalized spacial score (nSPS) is 11.6. The molecule has 5 nitrogen and oxygen atoms in total. The lowest BCUT2D eigenvalue weighted by Crippen LogP contribution is -2.13. The number of nitrogens with one attached hydrogen (secondary N) is 2.